The normalized spacial score (nSPS) is 14.9. The molecule has 1 heterocycles. The van der Waals surface area contributed by atoms with Crippen LogP contribution in [0.2, 0.25) is 0 Å². The van der Waals surface area contributed by atoms with Crippen molar-refractivity contribution in [2.75, 3.05) is 0 Å². The van der Waals surface area contributed by atoms with Gasteiger partial charge < -0.3 is 14.8 Å². The molecular weight excluding hydrogens is 240 g/mol. The van der Waals surface area contributed by atoms with Gasteiger partial charge in [-0.1, -0.05) is 0 Å². The van der Waals surface area contributed by atoms with Crippen LogP contribution < -0.4 is 5.46 Å². The number of hydrogen-bond acceptors (Lipinski definition) is 3. The van der Waals surface area contributed by atoms with E-state index < -0.39 is 30.4 Å². The summed E-state index contributed by atoms with van der Waals surface area (Å²) in [6, 6.07) is 1.51. The van der Waals surface area contributed by atoms with Gasteiger partial charge in [-0.05, 0) is 23.2 Å². The van der Waals surface area contributed by atoms with Crippen molar-refractivity contribution >= 4 is 18.6 Å². The van der Waals surface area contributed by atoms with E-state index >= 15 is 0 Å². The van der Waals surface area contributed by atoms with Crippen molar-refractivity contribution in [2.24, 2.45) is 0 Å². The lowest BCUT2D eigenvalue weighted by atomic mass is 9.78. The van der Waals surface area contributed by atoms with E-state index in [2.05, 4.69) is 0 Å². The highest BCUT2D eigenvalue weighted by Gasteiger charge is 2.39. The Balaban J connectivity index is 2.64. The second-order valence-electron chi connectivity index (χ2n) is 3.56. The maximum Gasteiger partial charge on any atom is 0.491 e. The molecule has 1 aliphatic rings. The summed E-state index contributed by atoms with van der Waals surface area (Å²) in [4.78, 5) is 10.8. The Labute approximate surface area is 93.8 Å². The minimum Gasteiger partial charge on any atom is -0.478 e. The maximum atomic E-state index is 12.6. The van der Waals surface area contributed by atoms with Gasteiger partial charge >= 0.3 is 19.3 Å². The molecule has 0 radical (unpaired) electrons. The van der Waals surface area contributed by atoms with E-state index in [0.29, 0.717) is 6.07 Å². The summed E-state index contributed by atoms with van der Waals surface area (Å²) in [5, 5.41) is 18.0. The summed E-state index contributed by atoms with van der Waals surface area (Å²) < 4.78 is 42.5. The van der Waals surface area contributed by atoms with Crippen LogP contribution in [0.1, 0.15) is 21.5 Å². The molecule has 17 heavy (non-hydrogen) atoms. The number of aromatic carboxylic acids is 1. The van der Waals surface area contributed by atoms with Crippen LogP contribution >= 0.6 is 0 Å². The van der Waals surface area contributed by atoms with E-state index in [1.54, 1.807) is 0 Å². The molecule has 90 valence electrons. The molecule has 0 amide bonds. The number of benzene rings is 1. The first-order chi connectivity index (χ1) is 7.80. The molecule has 0 aliphatic carbocycles. The van der Waals surface area contributed by atoms with Crippen molar-refractivity contribution in [2.45, 2.75) is 12.8 Å². The molecule has 2 rings (SSSR count). The fourth-order valence-corrected chi connectivity index (χ4v) is 1.69. The van der Waals surface area contributed by atoms with Crippen molar-refractivity contribution in [3.05, 3.63) is 28.8 Å². The Kier molecular flexibility index (Phi) is 2.63. The molecule has 1 aliphatic heterocycles. The first kappa shape index (κ1) is 11.9. The Bertz CT molecular complexity index is 486. The third-order valence-electron chi connectivity index (χ3n) is 2.48. The number of hydrogen-bond donors (Lipinski definition) is 2. The lowest BCUT2D eigenvalue weighted by Gasteiger charge is -2.12. The first-order valence-electron chi connectivity index (χ1n) is 4.57. The molecule has 0 atom stereocenters. The molecule has 8 heteroatoms. The largest absolute Gasteiger partial charge is 0.491 e. The summed E-state index contributed by atoms with van der Waals surface area (Å²) in [7, 11) is -1.37. The smallest absolute Gasteiger partial charge is 0.478 e. The van der Waals surface area contributed by atoms with Crippen LogP contribution in [0.5, 0.6) is 0 Å². The average Bonchev–Trinajstić information content (AvgIpc) is 2.57. The topological polar surface area (TPSA) is 66.8 Å². The number of rotatable bonds is 1. The van der Waals surface area contributed by atoms with Gasteiger partial charge in [0.2, 0.25) is 0 Å². The predicted molar refractivity (Wildman–Crippen MR) is 50.8 cm³/mol. The zero-order chi connectivity index (χ0) is 12.8. The molecule has 0 fully saturated rings. The Morgan fingerprint density at radius 2 is 2.06 bits per heavy atom. The van der Waals surface area contributed by atoms with Crippen molar-refractivity contribution in [3.8, 4) is 0 Å². The standard InChI is InChI=1S/C9H6BF3O4/c11-9(12,13)6-1-4-3-17-10(16)7(4)2-5(6)8(14)15/h1-2,16H,3H2,(H,14,15). The van der Waals surface area contributed by atoms with Gasteiger partial charge in [0.05, 0.1) is 17.7 Å². The highest BCUT2D eigenvalue weighted by atomic mass is 19.4. The minimum absolute atomic E-state index is 0.0652. The average molecular weight is 246 g/mol. The van der Waals surface area contributed by atoms with Gasteiger partial charge in [-0.2, -0.15) is 13.2 Å². The lowest BCUT2D eigenvalue weighted by Crippen LogP contribution is -2.30. The summed E-state index contributed by atoms with van der Waals surface area (Å²) in [5.41, 5.74) is -1.91. The zero-order valence-corrected chi connectivity index (χ0v) is 8.28. The highest BCUT2D eigenvalue weighted by molar-refractivity contribution is 6.61. The SMILES string of the molecule is O=C(O)c1cc2c(cc1C(F)(F)F)COB2O. The third kappa shape index (κ3) is 2.01. The number of carboxylic acid groups (broad SMARTS) is 1. The second kappa shape index (κ2) is 3.74. The fraction of sp³-hybridized carbons (Fsp3) is 0.222. The van der Waals surface area contributed by atoms with Gasteiger partial charge in [0.25, 0.3) is 0 Å². The molecule has 4 nitrogen and oxygen atoms in total. The quantitative estimate of drug-likeness (QED) is 0.713. The van der Waals surface area contributed by atoms with Crippen LogP contribution in [0, 0.1) is 0 Å². The Morgan fingerprint density at radius 3 is 2.59 bits per heavy atom. The van der Waals surface area contributed by atoms with Gasteiger partial charge in [-0.25, -0.2) is 4.79 Å². The van der Waals surface area contributed by atoms with Gasteiger partial charge in [0.15, 0.2) is 0 Å². The fourth-order valence-electron chi connectivity index (χ4n) is 1.69. The lowest BCUT2D eigenvalue weighted by molar-refractivity contribution is -0.138. The molecule has 0 unspecified atom stereocenters. The zero-order valence-electron chi connectivity index (χ0n) is 8.28. The van der Waals surface area contributed by atoms with Crippen LogP contribution in [0.4, 0.5) is 13.2 Å². The van der Waals surface area contributed by atoms with Gasteiger partial charge in [-0.15, -0.1) is 0 Å². The molecule has 0 aromatic heterocycles. The van der Waals surface area contributed by atoms with Gasteiger partial charge in [0, 0.05) is 0 Å². The molecule has 0 spiro atoms. The van der Waals surface area contributed by atoms with Crippen LogP contribution in [0.3, 0.4) is 0 Å². The molecule has 0 saturated heterocycles. The van der Waals surface area contributed by atoms with Crippen molar-refractivity contribution in [3.63, 3.8) is 0 Å². The van der Waals surface area contributed by atoms with E-state index in [1.165, 1.54) is 0 Å². The second-order valence-corrected chi connectivity index (χ2v) is 3.56. The minimum atomic E-state index is -4.75. The van der Waals surface area contributed by atoms with Crippen molar-refractivity contribution in [1.29, 1.82) is 0 Å². The van der Waals surface area contributed by atoms with E-state index in [-0.39, 0.29) is 17.6 Å². The predicted octanol–water partition coefficient (Wildman–Crippen LogP) is 0.621. The number of carboxylic acids is 1. The van der Waals surface area contributed by atoms with E-state index in [9.17, 15) is 23.0 Å². The molecule has 0 saturated carbocycles. The number of halogens is 3. The molecule has 0 bridgehead atoms. The number of fused-ring (bicyclic) bond motifs is 1. The first-order valence-corrected chi connectivity index (χ1v) is 4.57. The monoisotopic (exact) mass is 246 g/mol. The maximum absolute atomic E-state index is 12.6. The molecule has 2 N–H and O–H groups in total. The van der Waals surface area contributed by atoms with Crippen molar-refractivity contribution in [1.82, 2.24) is 0 Å². The van der Waals surface area contributed by atoms with Gasteiger partial charge in [0.1, 0.15) is 0 Å². The molecule has 1 aromatic rings. The Morgan fingerprint density at radius 1 is 1.41 bits per heavy atom. The van der Waals surface area contributed by atoms with Gasteiger partial charge in [-0.3, -0.25) is 0 Å². The summed E-state index contributed by atoms with van der Waals surface area (Å²) >= 11 is 0. The Hall–Kier alpha value is -1.54. The number of alkyl halides is 3. The summed E-state index contributed by atoms with van der Waals surface area (Å²) in [6.07, 6.45) is -4.75. The highest BCUT2D eigenvalue weighted by Crippen LogP contribution is 2.33. The van der Waals surface area contributed by atoms with E-state index in [4.69, 9.17) is 9.76 Å². The molecule has 1 aromatic carbocycles. The summed E-state index contributed by atoms with van der Waals surface area (Å²) in [5.74, 6) is -1.70. The van der Waals surface area contributed by atoms with E-state index in [1.807, 2.05) is 0 Å². The van der Waals surface area contributed by atoms with Crippen LogP contribution in [-0.2, 0) is 17.4 Å². The van der Waals surface area contributed by atoms with Crippen LogP contribution in [0.25, 0.3) is 0 Å². The van der Waals surface area contributed by atoms with Crippen LogP contribution in [0.15, 0.2) is 12.1 Å². The third-order valence-corrected chi connectivity index (χ3v) is 2.48. The van der Waals surface area contributed by atoms with Crippen LogP contribution in [-0.4, -0.2) is 23.2 Å². The van der Waals surface area contributed by atoms with Crippen molar-refractivity contribution < 1.29 is 32.8 Å². The molecular formula is C9H6BF3O4. The van der Waals surface area contributed by atoms with E-state index in [0.717, 1.165) is 6.07 Å². The number of carbonyl (C=O) groups is 1. The summed E-state index contributed by atoms with van der Waals surface area (Å²) in [6.45, 7) is -0.167.